The van der Waals surface area contributed by atoms with Crippen LogP contribution in [0.4, 0.5) is 4.39 Å². The van der Waals surface area contributed by atoms with Crippen LogP contribution in [0.25, 0.3) is 11.3 Å². The summed E-state index contributed by atoms with van der Waals surface area (Å²) in [5, 5.41) is 0. The Balaban J connectivity index is 1.69. The third-order valence-corrected chi connectivity index (χ3v) is 4.03. The van der Waals surface area contributed by atoms with E-state index in [1.165, 1.54) is 12.1 Å². The van der Waals surface area contributed by atoms with Crippen molar-refractivity contribution in [3.05, 3.63) is 71.7 Å². The van der Waals surface area contributed by atoms with Gasteiger partial charge in [-0.25, -0.2) is 4.39 Å². The Bertz CT molecular complexity index is 852. The molecule has 0 saturated carbocycles. The van der Waals surface area contributed by atoms with Crippen molar-refractivity contribution in [2.24, 2.45) is 0 Å². The first-order chi connectivity index (χ1) is 11.2. The SMILES string of the molecule is Cc1[c]cc(-c2ccc(F)cc2)n1Cc1ccc2c(c1)OCO2. The number of hydrogen-bond donors (Lipinski definition) is 0. The van der Waals surface area contributed by atoms with Gasteiger partial charge >= 0.3 is 0 Å². The molecule has 0 fully saturated rings. The van der Waals surface area contributed by atoms with Crippen LogP contribution in [-0.2, 0) is 6.54 Å². The van der Waals surface area contributed by atoms with Gasteiger partial charge in [0, 0.05) is 24.0 Å². The van der Waals surface area contributed by atoms with Gasteiger partial charge in [-0.1, -0.05) is 6.07 Å². The second kappa shape index (κ2) is 5.47. The van der Waals surface area contributed by atoms with Crippen LogP contribution in [0.15, 0.2) is 48.5 Å². The number of benzene rings is 2. The smallest absolute Gasteiger partial charge is 0.231 e. The Kier molecular flexibility index (Phi) is 3.30. The van der Waals surface area contributed by atoms with E-state index in [-0.39, 0.29) is 12.6 Å². The van der Waals surface area contributed by atoms with Crippen molar-refractivity contribution < 1.29 is 13.9 Å². The summed E-state index contributed by atoms with van der Waals surface area (Å²) in [4.78, 5) is 0. The summed E-state index contributed by atoms with van der Waals surface area (Å²) < 4.78 is 26.1. The fourth-order valence-corrected chi connectivity index (χ4v) is 2.79. The predicted molar refractivity (Wildman–Crippen MR) is 85.1 cm³/mol. The number of aryl methyl sites for hydroxylation is 1. The summed E-state index contributed by atoms with van der Waals surface area (Å²) in [6.07, 6.45) is 0. The number of rotatable bonds is 3. The minimum Gasteiger partial charge on any atom is -0.454 e. The van der Waals surface area contributed by atoms with E-state index in [1.807, 2.05) is 31.2 Å². The van der Waals surface area contributed by atoms with Gasteiger partial charge < -0.3 is 14.0 Å². The van der Waals surface area contributed by atoms with E-state index in [1.54, 1.807) is 12.1 Å². The first-order valence-electron chi connectivity index (χ1n) is 7.43. The molecule has 0 aliphatic carbocycles. The standard InChI is InChI=1S/C19H15FNO2/c1-13-2-8-17(15-4-6-16(20)7-5-15)21(13)11-14-3-9-18-19(10-14)23-12-22-18/h3-10H,11-12H2,1H3. The van der Waals surface area contributed by atoms with E-state index in [0.717, 1.165) is 34.0 Å². The minimum atomic E-state index is -0.233. The number of aromatic nitrogens is 1. The lowest BCUT2D eigenvalue weighted by atomic mass is 10.1. The molecule has 0 atom stereocenters. The van der Waals surface area contributed by atoms with E-state index < -0.39 is 0 Å². The molecule has 0 bridgehead atoms. The quantitative estimate of drug-likeness (QED) is 0.724. The van der Waals surface area contributed by atoms with Crippen molar-refractivity contribution in [3.63, 3.8) is 0 Å². The number of ether oxygens (including phenoxy) is 2. The van der Waals surface area contributed by atoms with Crippen molar-refractivity contribution in [3.8, 4) is 22.8 Å². The molecule has 3 aromatic rings. The molecule has 0 N–H and O–H groups in total. The maximum Gasteiger partial charge on any atom is 0.231 e. The normalized spacial score (nSPS) is 12.6. The van der Waals surface area contributed by atoms with Gasteiger partial charge in [0.25, 0.3) is 0 Å². The van der Waals surface area contributed by atoms with Crippen LogP contribution in [0.3, 0.4) is 0 Å². The van der Waals surface area contributed by atoms with Crippen molar-refractivity contribution in [1.29, 1.82) is 0 Å². The molecule has 2 heterocycles. The molecule has 0 spiro atoms. The Morgan fingerprint density at radius 3 is 2.70 bits per heavy atom. The van der Waals surface area contributed by atoms with E-state index in [4.69, 9.17) is 9.47 Å². The van der Waals surface area contributed by atoms with Crippen LogP contribution in [-0.4, -0.2) is 11.4 Å². The Hall–Kier alpha value is -2.75. The Morgan fingerprint density at radius 2 is 1.87 bits per heavy atom. The second-order valence-electron chi connectivity index (χ2n) is 5.54. The molecule has 3 nitrogen and oxygen atoms in total. The maximum absolute atomic E-state index is 13.1. The van der Waals surface area contributed by atoms with E-state index in [0.29, 0.717) is 6.54 Å². The molecule has 1 aromatic heterocycles. The minimum absolute atomic E-state index is 0.233. The maximum atomic E-state index is 13.1. The molecule has 1 aliphatic rings. The highest BCUT2D eigenvalue weighted by Crippen LogP contribution is 2.33. The summed E-state index contributed by atoms with van der Waals surface area (Å²) in [6, 6.07) is 17.7. The topological polar surface area (TPSA) is 23.4 Å². The molecule has 115 valence electrons. The van der Waals surface area contributed by atoms with Gasteiger partial charge in [-0.05, 0) is 60.5 Å². The Morgan fingerprint density at radius 1 is 1.09 bits per heavy atom. The van der Waals surface area contributed by atoms with Crippen LogP contribution < -0.4 is 9.47 Å². The first-order valence-corrected chi connectivity index (χ1v) is 7.43. The molecule has 4 rings (SSSR count). The van der Waals surface area contributed by atoms with Gasteiger partial charge in [0.05, 0.1) is 0 Å². The molecule has 0 amide bonds. The zero-order valence-electron chi connectivity index (χ0n) is 12.7. The zero-order valence-corrected chi connectivity index (χ0v) is 12.7. The van der Waals surface area contributed by atoms with Gasteiger partial charge in [-0.2, -0.15) is 0 Å². The highest BCUT2D eigenvalue weighted by Gasteiger charge is 2.14. The average molecular weight is 308 g/mol. The summed E-state index contributed by atoms with van der Waals surface area (Å²) >= 11 is 0. The average Bonchev–Trinajstić information content (AvgIpc) is 3.16. The fraction of sp³-hybridized carbons (Fsp3) is 0.158. The van der Waals surface area contributed by atoms with Crippen LogP contribution >= 0.6 is 0 Å². The van der Waals surface area contributed by atoms with E-state index >= 15 is 0 Å². The monoisotopic (exact) mass is 308 g/mol. The molecule has 0 saturated heterocycles. The van der Waals surface area contributed by atoms with Crippen LogP contribution in [0, 0.1) is 18.8 Å². The lowest BCUT2D eigenvalue weighted by Crippen LogP contribution is -2.03. The first kappa shape index (κ1) is 13.9. The predicted octanol–water partition coefficient (Wildman–Crippen LogP) is 4.18. The lowest BCUT2D eigenvalue weighted by Gasteiger charge is -2.12. The molecule has 1 aliphatic heterocycles. The number of halogens is 1. The summed E-state index contributed by atoms with van der Waals surface area (Å²) in [7, 11) is 0. The molecule has 1 radical (unpaired) electrons. The number of fused-ring (bicyclic) bond motifs is 1. The lowest BCUT2D eigenvalue weighted by molar-refractivity contribution is 0.174. The number of nitrogens with zero attached hydrogens (tertiary/aromatic N) is 1. The largest absolute Gasteiger partial charge is 0.454 e. The molecule has 0 unspecified atom stereocenters. The van der Waals surface area contributed by atoms with Gasteiger partial charge in [0.1, 0.15) is 5.82 Å². The summed E-state index contributed by atoms with van der Waals surface area (Å²) in [5.41, 5.74) is 4.13. The number of hydrogen-bond acceptors (Lipinski definition) is 2. The van der Waals surface area contributed by atoms with Crippen molar-refractivity contribution in [2.45, 2.75) is 13.5 Å². The highest BCUT2D eigenvalue weighted by atomic mass is 19.1. The highest BCUT2D eigenvalue weighted by molar-refractivity contribution is 5.61. The second-order valence-corrected chi connectivity index (χ2v) is 5.54. The molecular weight excluding hydrogens is 293 g/mol. The molecular formula is C19H15FNO2. The van der Waals surface area contributed by atoms with Crippen molar-refractivity contribution in [1.82, 2.24) is 4.57 Å². The molecule has 2 aromatic carbocycles. The third-order valence-electron chi connectivity index (χ3n) is 4.03. The van der Waals surface area contributed by atoms with Crippen LogP contribution in [0.5, 0.6) is 11.5 Å². The van der Waals surface area contributed by atoms with Gasteiger partial charge in [0.2, 0.25) is 6.79 Å². The molecule has 4 heteroatoms. The Labute approximate surface area is 133 Å². The van der Waals surface area contributed by atoms with E-state index in [2.05, 4.69) is 10.6 Å². The summed E-state index contributed by atoms with van der Waals surface area (Å²) in [5.74, 6) is 1.33. The van der Waals surface area contributed by atoms with E-state index in [9.17, 15) is 4.39 Å². The zero-order chi connectivity index (χ0) is 15.8. The third kappa shape index (κ3) is 2.57. The van der Waals surface area contributed by atoms with Crippen molar-refractivity contribution >= 4 is 0 Å². The summed E-state index contributed by atoms with van der Waals surface area (Å²) in [6.45, 7) is 2.98. The fourth-order valence-electron chi connectivity index (χ4n) is 2.79. The van der Waals surface area contributed by atoms with Crippen LogP contribution in [0.1, 0.15) is 11.3 Å². The van der Waals surface area contributed by atoms with Gasteiger partial charge in [-0.3, -0.25) is 0 Å². The molecule has 23 heavy (non-hydrogen) atoms. The van der Waals surface area contributed by atoms with Crippen LogP contribution in [0.2, 0.25) is 0 Å². The van der Waals surface area contributed by atoms with Crippen molar-refractivity contribution in [2.75, 3.05) is 6.79 Å². The van der Waals surface area contributed by atoms with Gasteiger partial charge in [-0.15, -0.1) is 0 Å². The van der Waals surface area contributed by atoms with Gasteiger partial charge in [0.15, 0.2) is 11.5 Å².